The Hall–Kier alpha value is -2.68. The van der Waals surface area contributed by atoms with Crippen LogP contribution in [0.4, 0.5) is 0 Å². The highest BCUT2D eigenvalue weighted by Gasteiger charge is 2.31. The SMILES string of the molecule is CCCCCC(=O)N(C/C=C/c1ccccc1OC)CCN1CCN(S(=O)(=O)c2c(C)cc(C)cc2C)CC1. The topological polar surface area (TPSA) is 70.2 Å². The van der Waals surface area contributed by atoms with Gasteiger partial charge in [-0.1, -0.05) is 67.8 Å². The van der Waals surface area contributed by atoms with Gasteiger partial charge in [0.2, 0.25) is 15.9 Å². The van der Waals surface area contributed by atoms with Crippen molar-refractivity contribution in [2.45, 2.75) is 58.3 Å². The molecule has 1 aliphatic heterocycles. The average molecular weight is 556 g/mol. The number of amides is 1. The molecular weight excluding hydrogens is 510 g/mol. The first-order valence-corrected chi connectivity index (χ1v) is 15.5. The molecule has 1 aliphatic rings. The van der Waals surface area contributed by atoms with Gasteiger partial charge in [-0.25, -0.2) is 8.42 Å². The Bertz CT molecular complexity index is 1210. The molecule has 0 N–H and O–H groups in total. The van der Waals surface area contributed by atoms with Crippen LogP contribution >= 0.6 is 0 Å². The molecule has 7 nitrogen and oxygen atoms in total. The number of piperazine rings is 1. The summed E-state index contributed by atoms with van der Waals surface area (Å²) in [5, 5.41) is 0. The summed E-state index contributed by atoms with van der Waals surface area (Å²) < 4.78 is 33.9. The van der Waals surface area contributed by atoms with E-state index in [1.807, 2.05) is 74.2 Å². The van der Waals surface area contributed by atoms with Gasteiger partial charge in [0.05, 0.1) is 12.0 Å². The Labute approximate surface area is 235 Å². The lowest BCUT2D eigenvalue weighted by Crippen LogP contribution is -2.50. The van der Waals surface area contributed by atoms with Crippen molar-refractivity contribution in [1.82, 2.24) is 14.1 Å². The van der Waals surface area contributed by atoms with E-state index in [4.69, 9.17) is 4.74 Å². The molecule has 0 radical (unpaired) electrons. The fourth-order valence-electron chi connectivity index (χ4n) is 5.27. The summed E-state index contributed by atoms with van der Waals surface area (Å²) in [7, 11) is -1.89. The summed E-state index contributed by atoms with van der Waals surface area (Å²) in [5.74, 6) is 0.970. The maximum Gasteiger partial charge on any atom is 0.243 e. The van der Waals surface area contributed by atoms with E-state index >= 15 is 0 Å². The summed E-state index contributed by atoms with van der Waals surface area (Å²) in [6, 6.07) is 11.7. The van der Waals surface area contributed by atoms with E-state index in [1.165, 1.54) is 0 Å². The highest BCUT2D eigenvalue weighted by Crippen LogP contribution is 2.26. The van der Waals surface area contributed by atoms with Gasteiger partial charge in [-0.05, 0) is 44.4 Å². The number of aryl methyl sites for hydroxylation is 3. The fourth-order valence-corrected chi connectivity index (χ4v) is 7.11. The van der Waals surface area contributed by atoms with Gasteiger partial charge in [0.1, 0.15) is 5.75 Å². The number of benzene rings is 2. The summed E-state index contributed by atoms with van der Waals surface area (Å²) in [6.45, 7) is 11.9. The van der Waals surface area contributed by atoms with Gasteiger partial charge in [-0.15, -0.1) is 0 Å². The van der Waals surface area contributed by atoms with Crippen molar-refractivity contribution in [3.05, 3.63) is 64.7 Å². The summed E-state index contributed by atoms with van der Waals surface area (Å²) in [4.78, 5) is 17.7. The second kappa shape index (κ2) is 14.6. The van der Waals surface area contributed by atoms with Crippen molar-refractivity contribution in [2.75, 3.05) is 52.9 Å². The third kappa shape index (κ3) is 8.40. The smallest absolute Gasteiger partial charge is 0.243 e. The molecule has 2 aromatic rings. The Morgan fingerprint density at radius 3 is 2.33 bits per heavy atom. The van der Waals surface area contributed by atoms with E-state index in [1.54, 1.807) is 11.4 Å². The normalized spacial score (nSPS) is 15.1. The number of carbonyl (C=O) groups excluding carboxylic acids is 1. The van der Waals surface area contributed by atoms with Gasteiger partial charge in [0.15, 0.2) is 0 Å². The van der Waals surface area contributed by atoms with E-state index < -0.39 is 10.0 Å². The zero-order valence-electron chi connectivity index (χ0n) is 24.3. The van der Waals surface area contributed by atoms with Crippen LogP contribution in [0.15, 0.2) is 47.4 Å². The number of methoxy groups -OCH3 is 1. The molecule has 3 rings (SSSR count). The molecule has 8 heteroatoms. The first-order chi connectivity index (χ1) is 18.7. The molecule has 1 amide bonds. The number of hydrogen-bond donors (Lipinski definition) is 0. The van der Waals surface area contributed by atoms with Crippen LogP contribution in [0.2, 0.25) is 0 Å². The minimum atomic E-state index is -3.54. The van der Waals surface area contributed by atoms with Crippen LogP contribution in [0, 0.1) is 20.8 Å². The molecule has 0 atom stereocenters. The van der Waals surface area contributed by atoms with Crippen molar-refractivity contribution in [1.29, 1.82) is 0 Å². The summed E-state index contributed by atoms with van der Waals surface area (Å²) >= 11 is 0. The van der Waals surface area contributed by atoms with Gasteiger partial charge >= 0.3 is 0 Å². The molecule has 39 heavy (non-hydrogen) atoms. The summed E-state index contributed by atoms with van der Waals surface area (Å²) in [5.41, 5.74) is 3.65. The third-order valence-electron chi connectivity index (χ3n) is 7.33. The van der Waals surface area contributed by atoms with E-state index in [2.05, 4.69) is 11.8 Å². The molecule has 1 heterocycles. The van der Waals surface area contributed by atoms with Crippen LogP contribution in [0.1, 0.15) is 54.9 Å². The van der Waals surface area contributed by atoms with Gasteiger partial charge < -0.3 is 9.64 Å². The fraction of sp³-hybridized carbons (Fsp3) is 0.516. The number of nitrogens with zero attached hydrogens (tertiary/aromatic N) is 3. The van der Waals surface area contributed by atoms with Gasteiger partial charge in [0.25, 0.3) is 0 Å². The highest BCUT2D eigenvalue weighted by atomic mass is 32.2. The first kappa shape index (κ1) is 30.9. The monoisotopic (exact) mass is 555 g/mol. The van der Waals surface area contributed by atoms with Crippen LogP contribution in [-0.4, -0.2) is 81.4 Å². The van der Waals surface area contributed by atoms with E-state index in [0.29, 0.717) is 50.6 Å². The third-order valence-corrected chi connectivity index (χ3v) is 9.53. The van der Waals surface area contributed by atoms with Crippen LogP contribution in [-0.2, 0) is 14.8 Å². The van der Waals surface area contributed by atoms with Crippen molar-refractivity contribution < 1.29 is 17.9 Å². The predicted molar refractivity (Wildman–Crippen MR) is 159 cm³/mol. The van der Waals surface area contributed by atoms with Crippen LogP contribution in [0.25, 0.3) is 6.08 Å². The first-order valence-electron chi connectivity index (χ1n) is 14.0. The molecule has 1 fully saturated rings. The zero-order chi connectivity index (χ0) is 28.4. The average Bonchev–Trinajstić information content (AvgIpc) is 2.90. The van der Waals surface area contributed by atoms with Gasteiger partial charge in [0, 0.05) is 57.8 Å². The van der Waals surface area contributed by atoms with Gasteiger partial charge in [-0.3, -0.25) is 9.69 Å². The number of para-hydroxylation sites is 1. The number of ether oxygens (including phenoxy) is 1. The van der Waals surface area contributed by atoms with Crippen LogP contribution in [0.3, 0.4) is 0 Å². The zero-order valence-corrected chi connectivity index (χ0v) is 25.1. The van der Waals surface area contributed by atoms with Gasteiger partial charge in [-0.2, -0.15) is 4.31 Å². The van der Waals surface area contributed by atoms with Crippen molar-refractivity contribution >= 4 is 22.0 Å². The number of sulfonamides is 1. The van der Waals surface area contributed by atoms with Crippen molar-refractivity contribution in [3.63, 3.8) is 0 Å². The molecule has 0 saturated carbocycles. The highest BCUT2D eigenvalue weighted by molar-refractivity contribution is 7.89. The second-order valence-corrected chi connectivity index (χ2v) is 12.3. The Morgan fingerprint density at radius 2 is 1.69 bits per heavy atom. The van der Waals surface area contributed by atoms with Crippen LogP contribution < -0.4 is 4.74 Å². The number of unbranched alkanes of at least 4 members (excludes halogenated alkanes) is 2. The molecule has 214 valence electrons. The number of rotatable bonds is 13. The lowest BCUT2D eigenvalue weighted by Gasteiger charge is -2.35. The minimum absolute atomic E-state index is 0.166. The molecule has 2 aromatic carbocycles. The van der Waals surface area contributed by atoms with E-state index in [0.717, 1.165) is 53.8 Å². The van der Waals surface area contributed by atoms with Crippen molar-refractivity contribution in [3.8, 4) is 5.75 Å². The number of carbonyl (C=O) groups is 1. The number of hydrogen-bond acceptors (Lipinski definition) is 5. The van der Waals surface area contributed by atoms with E-state index in [9.17, 15) is 13.2 Å². The molecule has 0 bridgehead atoms. The lowest BCUT2D eigenvalue weighted by molar-refractivity contribution is -0.131. The minimum Gasteiger partial charge on any atom is -0.496 e. The lowest BCUT2D eigenvalue weighted by atomic mass is 10.1. The standard InChI is InChI=1S/C31H45N3O4S/c1-6-7-8-15-30(35)33(16-11-13-28-12-9-10-14-29(28)38-5)20-17-32-18-21-34(22-19-32)39(36,37)31-26(3)23-25(2)24-27(31)4/h9-14,23-24H,6-8,15-22H2,1-5H3/b13-11+. The Morgan fingerprint density at radius 1 is 1.03 bits per heavy atom. The molecule has 0 aliphatic carbocycles. The predicted octanol–water partition coefficient (Wildman–Crippen LogP) is 5.05. The molecule has 0 unspecified atom stereocenters. The molecular formula is C31H45N3O4S. The van der Waals surface area contributed by atoms with Crippen LogP contribution in [0.5, 0.6) is 5.75 Å². The summed E-state index contributed by atoms with van der Waals surface area (Å²) in [6.07, 6.45) is 7.60. The molecule has 1 saturated heterocycles. The maximum atomic E-state index is 13.4. The molecule has 0 aromatic heterocycles. The van der Waals surface area contributed by atoms with E-state index in [-0.39, 0.29) is 5.91 Å². The Balaban J connectivity index is 1.60. The quantitative estimate of drug-likeness (QED) is 0.324. The Kier molecular flexibility index (Phi) is 11.6. The largest absolute Gasteiger partial charge is 0.496 e. The molecule has 0 spiro atoms. The van der Waals surface area contributed by atoms with Crippen molar-refractivity contribution in [2.24, 2.45) is 0 Å². The maximum absolute atomic E-state index is 13.4. The second-order valence-electron chi connectivity index (χ2n) is 10.4.